The molecule has 6 atom stereocenters. The highest BCUT2D eigenvalue weighted by Gasteiger charge is 2.49. The molecule has 1 heterocycles. The largest absolute Gasteiger partial charge is 0.462 e. The third-order valence-electron chi connectivity index (χ3n) is 8.96. The Labute approximate surface area is 327 Å². The highest BCUT2D eigenvalue weighted by molar-refractivity contribution is 6.67. The fourth-order valence-corrected chi connectivity index (χ4v) is 6.25. The summed E-state index contributed by atoms with van der Waals surface area (Å²) >= 11 is 17.1. The summed E-state index contributed by atoms with van der Waals surface area (Å²) in [7, 11) is 0. The maximum Gasteiger partial charge on any atom is 0.407 e. The van der Waals surface area contributed by atoms with Crippen LogP contribution < -0.4 is 5.32 Å². The van der Waals surface area contributed by atoms with Gasteiger partial charge in [-0.3, -0.25) is 9.59 Å². The molecule has 14 heteroatoms. The number of halogens is 3. The molecule has 0 spiro atoms. The Morgan fingerprint density at radius 3 is 1.90 bits per heavy atom. The second kappa shape index (κ2) is 29.9. The number of carbonyl (C=O) groups is 3. The summed E-state index contributed by atoms with van der Waals surface area (Å²) in [5.41, 5.74) is 0. The first-order valence-electron chi connectivity index (χ1n) is 19.5. The number of alkyl halides is 3. The standard InChI is InChI=1S/C38H66Cl3NO10/c1-4-7-9-11-13-15-17-19-21-23-29(50-31(44)24-22-20-18-16-14-12-10-8-5-2)26-32(45)52-35-33(42-37(47)49-28-38(39,40)41)36(48-25-6-3)51-30(27-43)34(35)46/h6,29-30,33-36,43,46H,3-5,7-28H2,1-2H3,(H,42,47)/t29-,30-,33-,34-,35-,36+/m1/s1. The van der Waals surface area contributed by atoms with Crippen molar-refractivity contribution in [3.8, 4) is 0 Å². The van der Waals surface area contributed by atoms with E-state index < -0.39 is 65.8 Å². The van der Waals surface area contributed by atoms with Gasteiger partial charge >= 0.3 is 18.0 Å². The van der Waals surface area contributed by atoms with Gasteiger partial charge in [-0.15, -0.1) is 6.58 Å². The molecule has 1 fully saturated rings. The number of aliphatic hydroxyl groups excluding tert-OH is 2. The normalized spacial score (nSPS) is 20.9. The van der Waals surface area contributed by atoms with Crippen molar-refractivity contribution in [3.63, 3.8) is 0 Å². The number of nitrogens with one attached hydrogen (secondary N) is 1. The average Bonchev–Trinajstić information content (AvgIpc) is 3.10. The van der Waals surface area contributed by atoms with E-state index in [1.165, 1.54) is 70.3 Å². The Morgan fingerprint density at radius 1 is 0.846 bits per heavy atom. The van der Waals surface area contributed by atoms with Gasteiger partial charge in [-0.1, -0.05) is 157 Å². The third-order valence-corrected chi connectivity index (χ3v) is 9.28. The lowest BCUT2D eigenvalue weighted by Crippen LogP contribution is -2.66. The summed E-state index contributed by atoms with van der Waals surface area (Å²) in [5.74, 6) is -1.14. The van der Waals surface area contributed by atoms with Gasteiger partial charge in [-0.25, -0.2) is 4.79 Å². The van der Waals surface area contributed by atoms with Crippen molar-refractivity contribution in [2.45, 2.75) is 189 Å². The second-order valence-corrected chi connectivity index (χ2v) is 16.2. The topological polar surface area (TPSA) is 150 Å². The zero-order chi connectivity index (χ0) is 38.6. The van der Waals surface area contributed by atoms with Crippen LogP contribution in [0.1, 0.15) is 149 Å². The molecule has 1 aliphatic heterocycles. The van der Waals surface area contributed by atoms with Crippen molar-refractivity contribution >= 4 is 52.8 Å². The lowest BCUT2D eigenvalue weighted by molar-refractivity contribution is -0.270. The predicted molar refractivity (Wildman–Crippen MR) is 205 cm³/mol. The Bertz CT molecular complexity index is 970. The number of amides is 1. The van der Waals surface area contributed by atoms with E-state index in [4.69, 9.17) is 58.5 Å². The predicted octanol–water partition coefficient (Wildman–Crippen LogP) is 8.79. The molecule has 0 aromatic rings. The quantitative estimate of drug-likeness (QED) is 0.0212. The highest BCUT2D eigenvalue weighted by atomic mass is 35.6. The lowest BCUT2D eigenvalue weighted by Gasteiger charge is -2.43. The van der Waals surface area contributed by atoms with Crippen LogP contribution in [0, 0.1) is 0 Å². The molecule has 0 bridgehead atoms. The van der Waals surface area contributed by atoms with Crippen LogP contribution in [-0.4, -0.2) is 88.6 Å². The number of carbonyl (C=O) groups excluding carboxylic acids is 3. The Hall–Kier alpha value is -1.34. The Balaban J connectivity index is 2.92. The van der Waals surface area contributed by atoms with Crippen LogP contribution in [0.25, 0.3) is 0 Å². The van der Waals surface area contributed by atoms with Crippen molar-refractivity contribution in [3.05, 3.63) is 12.7 Å². The molecule has 0 radical (unpaired) electrons. The molecule has 52 heavy (non-hydrogen) atoms. The molecule has 0 aromatic carbocycles. The summed E-state index contributed by atoms with van der Waals surface area (Å²) in [6.45, 7) is 6.75. The van der Waals surface area contributed by atoms with E-state index in [0.717, 1.165) is 44.9 Å². The van der Waals surface area contributed by atoms with Crippen LogP contribution in [0.15, 0.2) is 12.7 Å². The molecule has 304 valence electrons. The minimum Gasteiger partial charge on any atom is -0.462 e. The number of hydrogen-bond acceptors (Lipinski definition) is 10. The summed E-state index contributed by atoms with van der Waals surface area (Å²) in [6, 6.07) is -1.30. The molecule has 1 aliphatic rings. The van der Waals surface area contributed by atoms with Gasteiger partial charge in [0.2, 0.25) is 3.79 Å². The van der Waals surface area contributed by atoms with Gasteiger partial charge in [0.25, 0.3) is 0 Å². The first kappa shape index (κ1) is 48.7. The van der Waals surface area contributed by atoms with E-state index in [1.807, 2.05) is 0 Å². The van der Waals surface area contributed by atoms with Gasteiger partial charge < -0.3 is 39.2 Å². The fourth-order valence-electron chi connectivity index (χ4n) is 6.09. The number of unbranched alkanes of at least 4 members (excludes halogenated alkanes) is 16. The van der Waals surface area contributed by atoms with Gasteiger partial charge in [-0.05, 0) is 19.3 Å². The van der Waals surface area contributed by atoms with E-state index in [-0.39, 0.29) is 25.4 Å². The SMILES string of the molecule is C=CCO[C@H]1O[C@H](CO)[C@@H](O)[C@H](OC(=O)C[C@@H](CCCCCCCCCCC)OC(=O)CCCCCCCCCCC)[C@H]1NC(=O)OCC(Cl)(Cl)Cl. The number of rotatable bonds is 30. The maximum atomic E-state index is 13.5. The first-order chi connectivity index (χ1) is 24.9. The summed E-state index contributed by atoms with van der Waals surface area (Å²) in [5, 5.41) is 23.4. The minimum atomic E-state index is -1.89. The van der Waals surface area contributed by atoms with E-state index in [0.29, 0.717) is 12.8 Å². The van der Waals surface area contributed by atoms with Gasteiger partial charge in [0.15, 0.2) is 12.4 Å². The first-order valence-corrected chi connectivity index (χ1v) is 20.6. The maximum absolute atomic E-state index is 13.5. The van der Waals surface area contributed by atoms with Crippen LogP contribution in [0.3, 0.4) is 0 Å². The zero-order valence-corrected chi connectivity index (χ0v) is 33.8. The van der Waals surface area contributed by atoms with Crippen LogP contribution in [0.2, 0.25) is 0 Å². The molecule has 1 saturated heterocycles. The van der Waals surface area contributed by atoms with Crippen molar-refractivity contribution in [2.24, 2.45) is 0 Å². The second-order valence-electron chi connectivity index (χ2n) is 13.7. The molecule has 11 nitrogen and oxygen atoms in total. The monoisotopic (exact) mass is 801 g/mol. The summed E-state index contributed by atoms with van der Waals surface area (Å²) in [4.78, 5) is 39.0. The highest BCUT2D eigenvalue weighted by Crippen LogP contribution is 2.28. The fraction of sp³-hybridized carbons (Fsp3) is 0.868. The van der Waals surface area contributed by atoms with E-state index in [1.54, 1.807) is 0 Å². The molecular formula is C38H66Cl3NO10. The number of ether oxygens (including phenoxy) is 5. The molecule has 1 rings (SSSR count). The minimum absolute atomic E-state index is 0.0311. The summed E-state index contributed by atoms with van der Waals surface area (Å²) in [6.07, 6.45) is 14.7. The zero-order valence-electron chi connectivity index (χ0n) is 31.5. The molecular weight excluding hydrogens is 737 g/mol. The number of alkyl carbamates (subject to hydrolysis) is 1. The van der Waals surface area contributed by atoms with Gasteiger partial charge in [0.1, 0.15) is 31.0 Å². The third kappa shape index (κ3) is 23.4. The van der Waals surface area contributed by atoms with E-state index in [9.17, 15) is 24.6 Å². The van der Waals surface area contributed by atoms with Crippen molar-refractivity contribution < 1.29 is 48.3 Å². The average molecular weight is 803 g/mol. The molecule has 3 N–H and O–H groups in total. The molecule has 0 aliphatic carbocycles. The molecule has 0 unspecified atom stereocenters. The van der Waals surface area contributed by atoms with Gasteiger partial charge in [-0.2, -0.15) is 0 Å². The van der Waals surface area contributed by atoms with E-state index >= 15 is 0 Å². The van der Waals surface area contributed by atoms with Crippen molar-refractivity contribution in [1.82, 2.24) is 5.32 Å². The van der Waals surface area contributed by atoms with Gasteiger partial charge in [0, 0.05) is 6.42 Å². The van der Waals surface area contributed by atoms with Crippen LogP contribution in [-0.2, 0) is 33.3 Å². The number of aliphatic hydroxyl groups is 2. The van der Waals surface area contributed by atoms with Crippen LogP contribution in [0.4, 0.5) is 4.79 Å². The van der Waals surface area contributed by atoms with Crippen LogP contribution in [0.5, 0.6) is 0 Å². The van der Waals surface area contributed by atoms with Crippen molar-refractivity contribution in [2.75, 3.05) is 19.8 Å². The molecule has 0 saturated carbocycles. The van der Waals surface area contributed by atoms with Crippen molar-refractivity contribution in [1.29, 1.82) is 0 Å². The molecule has 0 aromatic heterocycles. The van der Waals surface area contributed by atoms with Crippen LogP contribution >= 0.6 is 34.8 Å². The Morgan fingerprint density at radius 2 is 1.38 bits per heavy atom. The smallest absolute Gasteiger partial charge is 0.407 e. The lowest BCUT2D eigenvalue weighted by atomic mass is 9.96. The van der Waals surface area contributed by atoms with E-state index in [2.05, 4.69) is 25.7 Å². The Kier molecular flexibility index (Phi) is 28.0. The summed E-state index contributed by atoms with van der Waals surface area (Å²) < 4.78 is 26.0. The number of hydrogen-bond donors (Lipinski definition) is 3. The van der Waals surface area contributed by atoms with Gasteiger partial charge in [0.05, 0.1) is 19.6 Å². The molecule has 1 amide bonds. The number of esters is 2.